The highest BCUT2D eigenvalue weighted by Crippen LogP contribution is 2.29. The van der Waals surface area contributed by atoms with E-state index in [0.29, 0.717) is 17.2 Å². The lowest BCUT2D eigenvalue weighted by molar-refractivity contribution is -0.117. The van der Waals surface area contributed by atoms with Crippen LogP contribution in [0.5, 0.6) is 0 Å². The van der Waals surface area contributed by atoms with Crippen LogP contribution in [0.4, 0.5) is 5.69 Å². The summed E-state index contributed by atoms with van der Waals surface area (Å²) >= 11 is 1.22. The molecular weight excluding hydrogens is 368 g/mol. The number of anilines is 1. The summed E-state index contributed by atoms with van der Waals surface area (Å²) in [5, 5.41) is 4.68. The number of sulfonamides is 1. The molecule has 0 bridgehead atoms. The molecule has 5 nitrogen and oxygen atoms in total. The van der Waals surface area contributed by atoms with E-state index >= 15 is 0 Å². The minimum Gasteiger partial charge on any atom is -0.326 e. The third-order valence-electron chi connectivity index (χ3n) is 4.56. The quantitative estimate of drug-likeness (QED) is 0.838. The van der Waals surface area contributed by atoms with Crippen LogP contribution in [0.3, 0.4) is 0 Å². The number of hydrogen-bond donors (Lipinski definition) is 1. The lowest BCUT2D eigenvalue weighted by Crippen LogP contribution is -2.45. The van der Waals surface area contributed by atoms with E-state index in [1.165, 1.54) is 15.6 Å². The second kappa shape index (κ2) is 7.90. The summed E-state index contributed by atoms with van der Waals surface area (Å²) in [6, 6.07) is 8.97. The SMILES string of the molecule is Cc1cc(C)cc(NC(=O)C[C@H]2CCCCN2S(=O)(=O)c2cccs2)c1. The van der Waals surface area contributed by atoms with Gasteiger partial charge >= 0.3 is 0 Å². The largest absolute Gasteiger partial charge is 0.326 e. The monoisotopic (exact) mass is 392 g/mol. The van der Waals surface area contributed by atoms with Gasteiger partial charge in [0.05, 0.1) is 0 Å². The predicted molar refractivity (Wildman–Crippen MR) is 105 cm³/mol. The van der Waals surface area contributed by atoms with Crippen molar-refractivity contribution in [2.75, 3.05) is 11.9 Å². The number of hydrogen-bond acceptors (Lipinski definition) is 4. The van der Waals surface area contributed by atoms with Gasteiger partial charge in [-0.05, 0) is 61.4 Å². The van der Waals surface area contributed by atoms with Gasteiger partial charge in [-0.3, -0.25) is 4.79 Å². The Labute approximate surface area is 159 Å². The van der Waals surface area contributed by atoms with Gasteiger partial charge in [0.15, 0.2) is 0 Å². The normalized spacial score (nSPS) is 18.6. The Balaban J connectivity index is 1.73. The third-order valence-corrected chi connectivity index (χ3v) is 7.88. The Morgan fingerprint density at radius 1 is 1.23 bits per heavy atom. The average Bonchev–Trinajstić information content (AvgIpc) is 3.09. The van der Waals surface area contributed by atoms with Gasteiger partial charge in [0, 0.05) is 24.7 Å². The highest BCUT2D eigenvalue weighted by molar-refractivity contribution is 7.91. The van der Waals surface area contributed by atoms with Gasteiger partial charge < -0.3 is 5.32 Å². The van der Waals surface area contributed by atoms with Crippen LogP contribution in [0.2, 0.25) is 0 Å². The predicted octanol–water partition coefficient (Wildman–Crippen LogP) is 3.94. The molecule has 1 aromatic heterocycles. The minimum absolute atomic E-state index is 0.145. The number of carbonyl (C=O) groups excluding carboxylic acids is 1. The molecule has 0 aliphatic carbocycles. The van der Waals surface area contributed by atoms with E-state index in [1.54, 1.807) is 17.5 Å². The van der Waals surface area contributed by atoms with Crippen molar-refractivity contribution in [1.82, 2.24) is 4.31 Å². The topological polar surface area (TPSA) is 66.5 Å². The number of piperidine rings is 1. The van der Waals surface area contributed by atoms with Crippen molar-refractivity contribution >= 4 is 33.0 Å². The Morgan fingerprint density at radius 2 is 1.96 bits per heavy atom. The summed E-state index contributed by atoms with van der Waals surface area (Å²) in [6.07, 6.45) is 2.67. The number of rotatable bonds is 5. The molecular formula is C19H24N2O3S2. The molecule has 1 aliphatic heterocycles. The van der Waals surface area contributed by atoms with Crippen LogP contribution in [0, 0.1) is 13.8 Å². The van der Waals surface area contributed by atoms with E-state index < -0.39 is 10.0 Å². The van der Waals surface area contributed by atoms with Gasteiger partial charge in [-0.2, -0.15) is 4.31 Å². The van der Waals surface area contributed by atoms with E-state index in [1.807, 2.05) is 32.0 Å². The van der Waals surface area contributed by atoms with Crippen molar-refractivity contribution in [3.63, 3.8) is 0 Å². The molecule has 0 saturated carbocycles. The molecule has 1 saturated heterocycles. The number of amides is 1. The molecule has 1 aliphatic rings. The summed E-state index contributed by atoms with van der Waals surface area (Å²) in [5.41, 5.74) is 2.93. The average molecular weight is 393 g/mol. The molecule has 1 fully saturated rings. The molecule has 1 atom stereocenters. The van der Waals surface area contributed by atoms with Gasteiger partial charge in [0.25, 0.3) is 10.0 Å². The second-order valence-electron chi connectivity index (χ2n) is 6.83. The molecule has 2 aromatic rings. The van der Waals surface area contributed by atoms with E-state index in [2.05, 4.69) is 5.32 Å². The van der Waals surface area contributed by atoms with Crippen LogP contribution >= 0.6 is 11.3 Å². The van der Waals surface area contributed by atoms with E-state index in [0.717, 1.165) is 29.7 Å². The molecule has 1 amide bonds. The third kappa shape index (κ3) is 4.34. The second-order valence-corrected chi connectivity index (χ2v) is 9.89. The van der Waals surface area contributed by atoms with E-state index in [9.17, 15) is 13.2 Å². The van der Waals surface area contributed by atoms with Crippen molar-refractivity contribution in [2.24, 2.45) is 0 Å². The zero-order valence-electron chi connectivity index (χ0n) is 15.1. The van der Waals surface area contributed by atoms with Crippen LogP contribution in [-0.2, 0) is 14.8 Å². The van der Waals surface area contributed by atoms with Crippen LogP contribution in [0.25, 0.3) is 0 Å². The summed E-state index contributed by atoms with van der Waals surface area (Å²) < 4.78 is 27.6. The van der Waals surface area contributed by atoms with Crippen molar-refractivity contribution in [3.8, 4) is 0 Å². The Morgan fingerprint density at radius 3 is 2.62 bits per heavy atom. The number of nitrogens with zero attached hydrogens (tertiary/aromatic N) is 1. The number of aryl methyl sites for hydroxylation is 2. The van der Waals surface area contributed by atoms with Crippen molar-refractivity contribution < 1.29 is 13.2 Å². The number of benzene rings is 1. The lowest BCUT2D eigenvalue weighted by atomic mass is 10.0. The lowest BCUT2D eigenvalue weighted by Gasteiger charge is -2.34. The van der Waals surface area contributed by atoms with Gasteiger partial charge in [-0.15, -0.1) is 11.3 Å². The Hall–Kier alpha value is -1.70. The highest BCUT2D eigenvalue weighted by Gasteiger charge is 2.35. The smallest absolute Gasteiger partial charge is 0.252 e. The fraction of sp³-hybridized carbons (Fsp3) is 0.421. The maximum absolute atomic E-state index is 12.9. The van der Waals surface area contributed by atoms with Crippen molar-refractivity contribution in [1.29, 1.82) is 0 Å². The summed E-state index contributed by atoms with van der Waals surface area (Å²) in [6.45, 7) is 4.44. The maximum atomic E-state index is 12.9. The minimum atomic E-state index is -3.53. The fourth-order valence-corrected chi connectivity index (χ4v) is 6.31. The molecule has 2 heterocycles. The van der Waals surface area contributed by atoms with Crippen molar-refractivity contribution in [3.05, 3.63) is 46.8 Å². The highest BCUT2D eigenvalue weighted by atomic mass is 32.2. The van der Waals surface area contributed by atoms with Gasteiger partial charge in [-0.25, -0.2) is 8.42 Å². The number of thiophene rings is 1. The number of nitrogens with one attached hydrogen (secondary N) is 1. The molecule has 3 rings (SSSR count). The summed E-state index contributed by atoms with van der Waals surface area (Å²) in [5.74, 6) is -0.145. The first-order valence-electron chi connectivity index (χ1n) is 8.80. The molecule has 140 valence electrons. The van der Waals surface area contributed by atoms with Crippen LogP contribution in [0.1, 0.15) is 36.8 Å². The Bertz CT molecular complexity index is 856. The van der Waals surface area contributed by atoms with Crippen LogP contribution in [-0.4, -0.2) is 31.2 Å². The first-order chi connectivity index (χ1) is 12.4. The fourth-order valence-electron chi connectivity index (χ4n) is 3.49. The van der Waals surface area contributed by atoms with E-state index in [4.69, 9.17) is 0 Å². The molecule has 26 heavy (non-hydrogen) atoms. The zero-order chi connectivity index (χ0) is 18.7. The molecule has 0 radical (unpaired) electrons. The standard InChI is InChI=1S/C19H24N2O3S2/c1-14-10-15(2)12-16(11-14)20-18(22)13-17-6-3-4-8-21(17)26(23,24)19-7-5-9-25-19/h5,7,9-12,17H,3-4,6,8,13H2,1-2H3,(H,20,22)/t17-/m1/s1. The summed E-state index contributed by atoms with van der Waals surface area (Å²) in [7, 11) is -3.53. The first kappa shape index (κ1) is 19.1. The molecule has 0 unspecified atom stereocenters. The molecule has 7 heteroatoms. The van der Waals surface area contributed by atoms with E-state index in [-0.39, 0.29) is 18.4 Å². The molecule has 0 spiro atoms. The first-order valence-corrected chi connectivity index (χ1v) is 11.1. The van der Waals surface area contributed by atoms with Crippen molar-refractivity contribution in [2.45, 2.75) is 49.8 Å². The van der Waals surface area contributed by atoms with Gasteiger partial charge in [0.2, 0.25) is 5.91 Å². The Kier molecular flexibility index (Phi) is 5.79. The molecule has 1 N–H and O–H groups in total. The zero-order valence-corrected chi connectivity index (χ0v) is 16.7. The van der Waals surface area contributed by atoms with Gasteiger partial charge in [-0.1, -0.05) is 18.6 Å². The summed E-state index contributed by atoms with van der Waals surface area (Å²) in [4.78, 5) is 12.5. The van der Waals surface area contributed by atoms with Gasteiger partial charge in [0.1, 0.15) is 4.21 Å². The number of carbonyl (C=O) groups is 1. The maximum Gasteiger partial charge on any atom is 0.252 e. The van der Waals surface area contributed by atoms with Crippen LogP contribution in [0.15, 0.2) is 39.9 Å². The van der Waals surface area contributed by atoms with Crippen LogP contribution < -0.4 is 5.32 Å². The molecule has 1 aromatic carbocycles.